The first kappa shape index (κ1) is 9.21. The number of carboxylic acid groups (broad SMARTS) is 1. The molecule has 0 aliphatic heterocycles. The van der Waals surface area contributed by atoms with Crippen molar-refractivity contribution in [1.82, 2.24) is 0 Å². The minimum Gasteiger partial charge on any atom is -0.481 e. The zero-order valence-corrected chi connectivity index (χ0v) is 7.86. The number of nitrogens with two attached hydrogens (primary N) is 1. The van der Waals surface area contributed by atoms with Crippen LogP contribution in [0.5, 0.6) is 0 Å². The van der Waals surface area contributed by atoms with Gasteiger partial charge in [0.05, 0.1) is 6.42 Å². The maximum Gasteiger partial charge on any atom is 0.307 e. The van der Waals surface area contributed by atoms with E-state index in [0.717, 1.165) is 29.5 Å². The van der Waals surface area contributed by atoms with Crippen molar-refractivity contribution in [2.75, 3.05) is 0 Å². The van der Waals surface area contributed by atoms with Gasteiger partial charge in [-0.3, -0.25) is 4.79 Å². The zero-order chi connectivity index (χ0) is 10.1. The third kappa shape index (κ3) is 1.51. The molecule has 0 amide bonds. The minimum absolute atomic E-state index is 0.0961. The lowest BCUT2D eigenvalue weighted by Gasteiger charge is -2.07. The smallest absolute Gasteiger partial charge is 0.307 e. The van der Waals surface area contributed by atoms with Gasteiger partial charge in [-0.25, -0.2) is 0 Å². The largest absolute Gasteiger partial charge is 0.481 e. The lowest BCUT2D eigenvalue weighted by molar-refractivity contribution is -0.136. The average Bonchev–Trinajstić information content (AvgIpc) is 2.49. The van der Waals surface area contributed by atoms with E-state index in [0.29, 0.717) is 0 Å². The predicted octanol–water partition coefficient (Wildman–Crippen LogP) is 1.26. The van der Waals surface area contributed by atoms with Crippen molar-refractivity contribution in [3.05, 3.63) is 34.9 Å². The molecule has 3 nitrogen and oxygen atoms in total. The number of fused-ring (bicyclic) bond motifs is 1. The highest BCUT2D eigenvalue weighted by molar-refractivity contribution is 5.71. The molecule has 2 rings (SSSR count). The number of hydrogen-bond donors (Lipinski definition) is 2. The number of hydrogen-bond acceptors (Lipinski definition) is 2. The van der Waals surface area contributed by atoms with E-state index < -0.39 is 5.97 Å². The summed E-state index contributed by atoms with van der Waals surface area (Å²) in [6.07, 6.45) is 1.96. The van der Waals surface area contributed by atoms with Crippen molar-refractivity contribution < 1.29 is 9.90 Å². The van der Waals surface area contributed by atoms with Crippen molar-refractivity contribution >= 4 is 5.97 Å². The number of carboxylic acids is 1. The molecule has 0 heterocycles. The van der Waals surface area contributed by atoms with Gasteiger partial charge in [0.15, 0.2) is 0 Å². The molecule has 3 N–H and O–H groups in total. The van der Waals surface area contributed by atoms with Gasteiger partial charge in [0.25, 0.3) is 0 Å². The Balaban J connectivity index is 2.39. The summed E-state index contributed by atoms with van der Waals surface area (Å²) in [5.41, 5.74) is 9.10. The van der Waals surface area contributed by atoms with Crippen LogP contribution in [0.15, 0.2) is 18.2 Å². The van der Waals surface area contributed by atoms with Crippen LogP contribution in [0.4, 0.5) is 0 Å². The van der Waals surface area contributed by atoms with E-state index in [2.05, 4.69) is 0 Å². The third-order valence-corrected chi connectivity index (χ3v) is 2.76. The Bertz CT molecular complexity index is 374. The van der Waals surface area contributed by atoms with E-state index in [9.17, 15) is 4.79 Å². The Kier molecular flexibility index (Phi) is 2.25. The molecule has 1 aromatic carbocycles. The van der Waals surface area contributed by atoms with Crippen LogP contribution in [0.2, 0.25) is 0 Å². The average molecular weight is 191 g/mol. The summed E-state index contributed by atoms with van der Waals surface area (Å²) in [7, 11) is 0. The summed E-state index contributed by atoms with van der Waals surface area (Å²) in [6, 6.07) is 5.87. The Hall–Kier alpha value is -1.35. The molecule has 0 fully saturated rings. The van der Waals surface area contributed by atoms with Crippen molar-refractivity contribution in [1.29, 1.82) is 0 Å². The monoisotopic (exact) mass is 191 g/mol. The minimum atomic E-state index is -0.779. The number of benzene rings is 1. The van der Waals surface area contributed by atoms with Gasteiger partial charge in [0.1, 0.15) is 0 Å². The molecule has 0 spiro atoms. The first-order valence-electron chi connectivity index (χ1n) is 4.76. The van der Waals surface area contributed by atoms with Crippen LogP contribution in [-0.4, -0.2) is 11.1 Å². The molecule has 14 heavy (non-hydrogen) atoms. The molecule has 1 aromatic rings. The van der Waals surface area contributed by atoms with Gasteiger partial charge in [0, 0.05) is 6.04 Å². The Labute approximate surface area is 82.5 Å². The van der Waals surface area contributed by atoms with Crippen molar-refractivity contribution in [3.63, 3.8) is 0 Å². The fourth-order valence-corrected chi connectivity index (χ4v) is 2.09. The molecule has 1 aliphatic carbocycles. The van der Waals surface area contributed by atoms with Gasteiger partial charge in [-0.2, -0.15) is 0 Å². The number of carbonyl (C=O) groups is 1. The normalized spacial score (nSPS) is 19.4. The van der Waals surface area contributed by atoms with Crippen LogP contribution in [-0.2, 0) is 17.6 Å². The molecule has 0 aromatic heterocycles. The topological polar surface area (TPSA) is 63.3 Å². The second-order valence-corrected chi connectivity index (χ2v) is 3.70. The summed E-state index contributed by atoms with van der Waals surface area (Å²) >= 11 is 0. The highest BCUT2D eigenvalue weighted by atomic mass is 16.4. The van der Waals surface area contributed by atoms with Crippen LogP contribution in [0.25, 0.3) is 0 Å². The molecular formula is C11H13NO2. The van der Waals surface area contributed by atoms with Crippen molar-refractivity contribution in [2.45, 2.75) is 25.3 Å². The van der Waals surface area contributed by atoms with Gasteiger partial charge in [-0.1, -0.05) is 18.2 Å². The van der Waals surface area contributed by atoms with E-state index in [1.54, 1.807) is 0 Å². The molecule has 74 valence electrons. The fraction of sp³-hybridized carbons (Fsp3) is 0.364. The number of aliphatic carboxylic acids is 1. The van der Waals surface area contributed by atoms with Crippen LogP contribution in [0, 0.1) is 0 Å². The van der Waals surface area contributed by atoms with Gasteiger partial charge >= 0.3 is 5.97 Å². The standard InChI is InChI=1S/C11H13NO2/c12-10-5-4-8-7(6-11(13)14)2-1-3-9(8)10/h1-3,10H,4-6,12H2,(H,13,14)/t10-/m1/s1. The van der Waals surface area contributed by atoms with E-state index >= 15 is 0 Å². The molecule has 0 saturated heterocycles. The summed E-state index contributed by atoms with van der Waals surface area (Å²) < 4.78 is 0. The molecule has 1 atom stereocenters. The number of rotatable bonds is 2. The molecule has 1 aliphatic rings. The second kappa shape index (κ2) is 3.42. The van der Waals surface area contributed by atoms with Crippen molar-refractivity contribution in [3.8, 4) is 0 Å². The molecule has 0 radical (unpaired) electrons. The fourth-order valence-electron chi connectivity index (χ4n) is 2.09. The second-order valence-electron chi connectivity index (χ2n) is 3.70. The van der Waals surface area contributed by atoms with Gasteiger partial charge in [0.2, 0.25) is 0 Å². The predicted molar refractivity (Wildman–Crippen MR) is 53.0 cm³/mol. The van der Waals surface area contributed by atoms with E-state index in [1.807, 2.05) is 18.2 Å². The summed E-state index contributed by atoms with van der Waals surface area (Å²) in [6.45, 7) is 0. The zero-order valence-electron chi connectivity index (χ0n) is 7.86. The molecule has 0 saturated carbocycles. The van der Waals surface area contributed by atoms with Crippen molar-refractivity contribution in [2.24, 2.45) is 5.73 Å². The van der Waals surface area contributed by atoms with Gasteiger partial charge in [-0.15, -0.1) is 0 Å². The first-order chi connectivity index (χ1) is 6.68. The highest BCUT2D eigenvalue weighted by Gasteiger charge is 2.21. The van der Waals surface area contributed by atoms with Crippen LogP contribution in [0.1, 0.15) is 29.2 Å². The quantitative estimate of drug-likeness (QED) is 0.739. The molecule has 0 bridgehead atoms. The van der Waals surface area contributed by atoms with E-state index in [-0.39, 0.29) is 12.5 Å². The maximum absolute atomic E-state index is 10.6. The van der Waals surface area contributed by atoms with Crippen LogP contribution in [0.3, 0.4) is 0 Å². The van der Waals surface area contributed by atoms with Crippen LogP contribution >= 0.6 is 0 Å². The van der Waals surface area contributed by atoms with Gasteiger partial charge in [-0.05, 0) is 29.5 Å². The molecule has 3 heteroatoms. The molecular weight excluding hydrogens is 178 g/mol. The Morgan fingerprint density at radius 1 is 1.57 bits per heavy atom. The van der Waals surface area contributed by atoms with Crippen LogP contribution < -0.4 is 5.73 Å². The lowest BCUT2D eigenvalue weighted by Crippen LogP contribution is -2.06. The maximum atomic E-state index is 10.6. The summed E-state index contributed by atoms with van der Waals surface area (Å²) in [4.78, 5) is 10.6. The Morgan fingerprint density at radius 3 is 3.07 bits per heavy atom. The van der Waals surface area contributed by atoms with Gasteiger partial charge < -0.3 is 10.8 Å². The first-order valence-corrected chi connectivity index (χ1v) is 4.76. The van der Waals surface area contributed by atoms with E-state index in [1.165, 1.54) is 0 Å². The Morgan fingerprint density at radius 2 is 2.36 bits per heavy atom. The molecule has 0 unspecified atom stereocenters. The SMILES string of the molecule is N[C@@H]1CCc2c(CC(=O)O)cccc21. The third-order valence-electron chi connectivity index (χ3n) is 2.76. The summed E-state index contributed by atoms with van der Waals surface area (Å²) in [5.74, 6) is -0.779. The highest BCUT2D eigenvalue weighted by Crippen LogP contribution is 2.31. The lowest BCUT2D eigenvalue weighted by atomic mass is 10.0. The van der Waals surface area contributed by atoms with E-state index in [4.69, 9.17) is 10.8 Å². The summed E-state index contributed by atoms with van der Waals surface area (Å²) in [5, 5.41) is 8.73.